The molecule has 5 nitrogen and oxygen atoms in total. The van der Waals surface area contributed by atoms with Gasteiger partial charge >= 0.3 is 0 Å². The number of fused-ring (bicyclic) bond motifs is 13. The van der Waals surface area contributed by atoms with Crippen LogP contribution in [0.3, 0.4) is 0 Å². The van der Waals surface area contributed by atoms with Gasteiger partial charge in [0.2, 0.25) is 0 Å². The van der Waals surface area contributed by atoms with Crippen LogP contribution in [-0.4, -0.2) is 19.5 Å². The molecular formula is C59H34N4O. The Labute approximate surface area is 366 Å². The van der Waals surface area contributed by atoms with Gasteiger partial charge in [0.1, 0.15) is 11.2 Å². The second-order valence-corrected chi connectivity index (χ2v) is 16.8. The second kappa shape index (κ2) is 13.4. The van der Waals surface area contributed by atoms with Crippen molar-refractivity contribution >= 4 is 97.6 Å². The van der Waals surface area contributed by atoms with Crippen LogP contribution in [0.15, 0.2) is 211 Å². The molecule has 0 spiro atoms. The summed E-state index contributed by atoms with van der Waals surface area (Å²) in [4.78, 5) is 15.8. The Morgan fingerprint density at radius 2 is 0.875 bits per heavy atom. The van der Waals surface area contributed by atoms with E-state index in [0.29, 0.717) is 17.5 Å². The zero-order chi connectivity index (χ0) is 41.9. The van der Waals surface area contributed by atoms with Crippen molar-refractivity contribution in [2.24, 2.45) is 0 Å². The van der Waals surface area contributed by atoms with Gasteiger partial charge in [-0.3, -0.25) is 0 Å². The lowest BCUT2D eigenvalue weighted by Crippen LogP contribution is -2.00. The SMILES string of the molecule is c1ccc2cc(-c3nc(-c4ccc5ccccc5c4)nc(-c4cccc5oc6c7ccccc7c(-n7c8cc9ccccc9cc8c8c9ccccc9ccc87)cc6c45)n3)ccc2c1. The van der Waals surface area contributed by atoms with Crippen molar-refractivity contribution in [2.45, 2.75) is 0 Å². The molecule has 0 aliphatic rings. The molecule has 0 fully saturated rings. The number of hydrogen-bond acceptors (Lipinski definition) is 4. The molecule has 11 aromatic carbocycles. The van der Waals surface area contributed by atoms with Crippen molar-refractivity contribution in [3.05, 3.63) is 206 Å². The molecule has 0 bridgehead atoms. The summed E-state index contributed by atoms with van der Waals surface area (Å²) in [6, 6.07) is 73.4. The molecule has 14 rings (SSSR count). The highest BCUT2D eigenvalue weighted by Crippen LogP contribution is 2.45. The zero-order valence-electron chi connectivity index (χ0n) is 34.3. The lowest BCUT2D eigenvalue weighted by molar-refractivity contribution is 0.672. The Bertz CT molecular complexity index is 4180. The van der Waals surface area contributed by atoms with E-state index in [4.69, 9.17) is 19.4 Å². The van der Waals surface area contributed by atoms with E-state index in [-0.39, 0.29) is 0 Å². The Balaban J connectivity index is 1.07. The first kappa shape index (κ1) is 35.0. The highest BCUT2D eigenvalue weighted by molar-refractivity contribution is 6.25. The smallest absolute Gasteiger partial charge is 0.164 e. The molecule has 0 N–H and O–H groups in total. The minimum absolute atomic E-state index is 0.583. The molecule has 64 heavy (non-hydrogen) atoms. The van der Waals surface area contributed by atoms with Crippen LogP contribution in [0.25, 0.3) is 137 Å². The van der Waals surface area contributed by atoms with Gasteiger partial charge in [-0.25, -0.2) is 15.0 Å². The average Bonchev–Trinajstić information content (AvgIpc) is 3.90. The van der Waals surface area contributed by atoms with Gasteiger partial charge in [-0.2, -0.15) is 0 Å². The first-order valence-electron chi connectivity index (χ1n) is 21.7. The fourth-order valence-electron chi connectivity index (χ4n) is 10.1. The highest BCUT2D eigenvalue weighted by Gasteiger charge is 2.23. The van der Waals surface area contributed by atoms with Gasteiger partial charge in [-0.15, -0.1) is 0 Å². The summed E-state index contributed by atoms with van der Waals surface area (Å²) in [5.41, 5.74) is 7.71. The molecule has 14 aromatic rings. The summed E-state index contributed by atoms with van der Waals surface area (Å²) in [5.74, 6) is 1.80. The van der Waals surface area contributed by atoms with E-state index >= 15 is 0 Å². The quantitative estimate of drug-likeness (QED) is 0.178. The molecular weight excluding hydrogens is 781 g/mol. The number of furan rings is 1. The number of rotatable bonds is 4. The van der Waals surface area contributed by atoms with E-state index < -0.39 is 0 Å². The summed E-state index contributed by atoms with van der Waals surface area (Å²) >= 11 is 0. The Morgan fingerprint density at radius 3 is 1.56 bits per heavy atom. The van der Waals surface area contributed by atoms with Crippen LogP contribution in [0.4, 0.5) is 0 Å². The normalized spacial score (nSPS) is 12.1. The fraction of sp³-hybridized carbons (Fsp3) is 0. The van der Waals surface area contributed by atoms with Crippen molar-refractivity contribution in [1.29, 1.82) is 0 Å². The van der Waals surface area contributed by atoms with Gasteiger partial charge in [0.15, 0.2) is 17.5 Å². The summed E-state index contributed by atoms with van der Waals surface area (Å²) in [5, 5.41) is 16.0. The van der Waals surface area contributed by atoms with Crippen molar-refractivity contribution in [2.75, 3.05) is 0 Å². The predicted octanol–water partition coefficient (Wildman–Crippen LogP) is 15.6. The summed E-state index contributed by atoms with van der Waals surface area (Å²) in [6.45, 7) is 0. The minimum atomic E-state index is 0.583. The van der Waals surface area contributed by atoms with E-state index in [0.717, 1.165) is 87.7 Å². The predicted molar refractivity (Wildman–Crippen MR) is 265 cm³/mol. The second-order valence-electron chi connectivity index (χ2n) is 16.8. The van der Waals surface area contributed by atoms with Crippen LogP contribution in [0, 0.1) is 0 Å². The number of nitrogens with zero attached hydrogens (tertiary/aromatic N) is 4. The summed E-state index contributed by atoms with van der Waals surface area (Å²) < 4.78 is 9.40. The molecule has 0 saturated carbocycles. The topological polar surface area (TPSA) is 56.7 Å². The van der Waals surface area contributed by atoms with Gasteiger partial charge in [0, 0.05) is 49.0 Å². The summed E-state index contributed by atoms with van der Waals surface area (Å²) in [6.07, 6.45) is 0. The zero-order valence-corrected chi connectivity index (χ0v) is 34.3. The van der Waals surface area contributed by atoms with Crippen LogP contribution in [0.1, 0.15) is 0 Å². The number of hydrogen-bond donors (Lipinski definition) is 0. The standard InChI is InChI=1S/C59H34N4O/c1-3-15-38-30-42(26-24-35(38)12-1)57-60-58(43-27-25-36-13-2-4-16-39(36)31-43)62-59(61-57)47-22-11-23-53-55(47)49-34-52(45-20-9-10-21-46(45)56(49)64-53)63-50-29-28-37-14-7-8-19-44(37)54(50)48-32-40-17-5-6-18-41(40)33-51(48)63/h1-34H. The van der Waals surface area contributed by atoms with Gasteiger partial charge in [0.05, 0.1) is 16.7 Å². The lowest BCUT2D eigenvalue weighted by Gasteiger charge is -2.13. The van der Waals surface area contributed by atoms with E-state index in [1.807, 2.05) is 6.07 Å². The molecule has 0 radical (unpaired) electrons. The van der Waals surface area contributed by atoms with E-state index in [2.05, 4.69) is 205 Å². The Kier molecular flexibility index (Phi) is 7.33. The molecule has 0 unspecified atom stereocenters. The van der Waals surface area contributed by atoms with Gasteiger partial charge in [-0.05, 0) is 85.6 Å². The van der Waals surface area contributed by atoms with Crippen molar-refractivity contribution < 1.29 is 4.42 Å². The third kappa shape index (κ3) is 5.22. The summed E-state index contributed by atoms with van der Waals surface area (Å²) in [7, 11) is 0. The van der Waals surface area contributed by atoms with Crippen LogP contribution in [-0.2, 0) is 0 Å². The monoisotopic (exact) mass is 814 g/mol. The van der Waals surface area contributed by atoms with E-state index in [9.17, 15) is 0 Å². The van der Waals surface area contributed by atoms with Gasteiger partial charge in [-0.1, -0.05) is 164 Å². The Hall–Kier alpha value is -8.67. The molecule has 0 saturated heterocycles. The molecule has 3 heterocycles. The van der Waals surface area contributed by atoms with Crippen molar-refractivity contribution in [3.8, 4) is 39.9 Å². The fourth-order valence-corrected chi connectivity index (χ4v) is 10.1. The molecule has 3 aromatic heterocycles. The highest BCUT2D eigenvalue weighted by atomic mass is 16.3. The first-order valence-corrected chi connectivity index (χ1v) is 21.7. The molecule has 0 aliphatic carbocycles. The maximum Gasteiger partial charge on any atom is 0.164 e. The largest absolute Gasteiger partial charge is 0.455 e. The third-order valence-corrected chi connectivity index (χ3v) is 13.1. The van der Waals surface area contributed by atoms with Crippen LogP contribution < -0.4 is 0 Å². The van der Waals surface area contributed by atoms with Crippen molar-refractivity contribution in [3.63, 3.8) is 0 Å². The maximum atomic E-state index is 6.94. The molecule has 0 aliphatic heterocycles. The van der Waals surface area contributed by atoms with E-state index in [1.165, 1.54) is 32.3 Å². The molecule has 296 valence electrons. The van der Waals surface area contributed by atoms with Crippen LogP contribution >= 0.6 is 0 Å². The molecule has 0 amide bonds. The first-order chi connectivity index (χ1) is 31.7. The molecule has 5 heteroatoms. The third-order valence-electron chi connectivity index (χ3n) is 13.1. The molecule has 0 atom stereocenters. The number of benzene rings is 11. The average molecular weight is 815 g/mol. The van der Waals surface area contributed by atoms with Crippen LogP contribution in [0.2, 0.25) is 0 Å². The van der Waals surface area contributed by atoms with E-state index in [1.54, 1.807) is 0 Å². The van der Waals surface area contributed by atoms with Gasteiger partial charge in [0.25, 0.3) is 0 Å². The Morgan fingerprint density at radius 1 is 0.328 bits per heavy atom. The number of aromatic nitrogens is 4. The minimum Gasteiger partial charge on any atom is -0.455 e. The van der Waals surface area contributed by atoms with Crippen LogP contribution in [0.5, 0.6) is 0 Å². The maximum absolute atomic E-state index is 6.94. The van der Waals surface area contributed by atoms with Gasteiger partial charge < -0.3 is 8.98 Å². The van der Waals surface area contributed by atoms with Crippen molar-refractivity contribution in [1.82, 2.24) is 19.5 Å². The lowest BCUT2D eigenvalue weighted by atomic mass is 10.0.